The molecule has 1 aromatic carbocycles. The molecule has 0 aliphatic carbocycles. The number of hydrogen-bond acceptors (Lipinski definition) is 5. The molecule has 0 bridgehead atoms. The lowest BCUT2D eigenvalue weighted by Gasteiger charge is -2.21. The number of likely N-dealkylation sites (N-methyl/N-ethyl adjacent to an activating group) is 1. The molecule has 7 nitrogen and oxygen atoms in total. The third-order valence-electron chi connectivity index (χ3n) is 2.40. The average Bonchev–Trinajstić information content (AvgIpc) is 2.39. The van der Waals surface area contributed by atoms with Gasteiger partial charge in [0.05, 0.1) is 12.2 Å². The van der Waals surface area contributed by atoms with Crippen LogP contribution in [0.3, 0.4) is 0 Å². The molecule has 2 N–H and O–H groups in total. The van der Waals surface area contributed by atoms with E-state index in [0.717, 1.165) is 7.05 Å². The summed E-state index contributed by atoms with van der Waals surface area (Å²) in [4.78, 5) is 34.5. The number of benzene rings is 1. The molecule has 0 aromatic heterocycles. The van der Waals surface area contributed by atoms with E-state index in [4.69, 9.17) is 10.2 Å². The van der Waals surface area contributed by atoms with E-state index in [1.807, 2.05) is 0 Å². The third kappa shape index (κ3) is 3.78. The highest BCUT2D eigenvalue weighted by atomic mass is 16.6. The van der Waals surface area contributed by atoms with Crippen LogP contribution in [-0.4, -0.2) is 52.8 Å². The fourth-order valence-electron chi connectivity index (χ4n) is 1.28. The zero-order valence-electron chi connectivity index (χ0n) is 10.1. The number of aliphatic hydroxyl groups is 1. The molecule has 0 radical (unpaired) electrons. The van der Waals surface area contributed by atoms with Crippen LogP contribution in [0.4, 0.5) is 4.79 Å². The lowest BCUT2D eigenvalue weighted by atomic mass is 10.2. The van der Waals surface area contributed by atoms with E-state index in [1.54, 1.807) is 18.2 Å². The summed E-state index contributed by atoms with van der Waals surface area (Å²) in [7, 11) is 1.12. The minimum atomic E-state index is -1.46. The Balaban J connectivity index is 2.69. The monoisotopic (exact) mass is 267 g/mol. The third-order valence-corrected chi connectivity index (χ3v) is 2.40. The van der Waals surface area contributed by atoms with E-state index in [2.05, 4.69) is 4.74 Å². The van der Waals surface area contributed by atoms with Gasteiger partial charge in [-0.25, -0.2) is 14.4 Å². The second kappa shape index (κ2) is 6.50. The molecule has 1 amide bonds. The molecule has 1 rings (SSSR count). The Kier molecular flexibility index (Phi) is 5.01. The molecule has 1 atom stereocenters. The van der Waals surface area contributed by atoms with Gasteiger partial charge in [-0.3, -0.25) is 4.90 Å². The Morgan fingerprint density at radius 3 is 2.32 bits per heavy atom. The largest absolute Gasteiger partial charge is 0.480 e. The molecule has 19 heavy (non-hydrogen) atoms. The summed E-state index contributed by atoms with van der Waals surface area (Å²) in [5.41, 5.74) is 0.167. The summed E-state index contributed by atoms with van der Waals surface area (Å²) in [5, 5.41) is 17.6. The number of carboxylic acid groups (broad SMARTS) is 1. The molecule has 0 heterocycles. The number of carbonyl (C=O) groups excluding carboxylic acids is 2. The smallest absolute Gasteiger partial charge is 0.418 e. The predicted molar refractivity (Wildman–Crippen MR) is 63.5 cm³/mol. The first-order valence-electron chi connectivity index (χ1n) is 5.35. The van der Waals surface area contributed by atoms with Crippen LogP contribution >= 0.6 is 0 Å². The van der Waals surface area contributed by atoms with Gasteiger partial charge in [-0.2, -0.15) is 0 Å². The van der Waals surface area contributed by atoms with E-state index in [9.17, 15) is 14.4 Å². The number of aliphatic carboxylic acids is 1. The number of carboxylic acids is 1. The van der Waals surface area contributed by atoms with Crippen LogP contribution in [0.2, 0.25) is 0 Å². The van der Waals surface area contributed by atoms with Crippen molar-refractivity contribution in [2.24, 2.45) is 0 Å². The lowest BCUT2D eigenvalue weighted by Crippen LogP contribution is -2.45. The molecule has 1 unspecified atom stereocenters. The standard InChI is InChI=1S/C12H13NO6/c1-13(9(7-14)10(15)16)12(18)19-11(17)8-5-3-2-4-6-8/h2-6,9,14H,7H2,1H3,(H,15,16). The number of ether oxygens (including phenoxy) is 1. The van der Waals surface area contributed by atoms with Crippen LogP contribution in [0.25, 0.3) is 0 Å². The summed E-state index contributed by atoms with van der Waals surface area (Å²) in [6, 6.07) is 6.33. The number of amides is 1. The maximum Gasteiger partial charge on any atom is 0.418 e. The number of esters is 1. The maximum absolute atomic E-state index is 11.6. The number of nitrogens with zero attached hydrogens (tertiary/aromatic N) is 1. The van der Waals surface area contributed by atoms with Gasteiger partial charge in [0.2, 0.25) is 0 Å². The van der Waals surface area contributed by atoms with Crippen LogP contribution in [0.1, 0.15) is 10.4 Å². The van der Waals surface area contributed by atoms with Crippen molar-refractivity contribution in [1.82, 2.24) is 4.90 Å². The van der Waals surface area contributed by atoms with Gasteiger partial charge in [-0.1, -0.05) is 18.2 Å². The van der Waals surface area contributed by atoms with Crippen LogP contribution < -0.4 is 0 Å². The molecular weight excluding hydrogens is 254 g/mol. The molecule has 102 valence electrons. The van der Waals surface area contributed by atoms with Crippen molar-refractivity contribution >= 4 is 18.0 Å². The first-order chi connectivity index (χ1) is 8.97. The van der Waals surface area contributed by atoms with Crippen molar-refractivity contribution in [3.05, 3.63) is 35.9 Å². The van der Waals surface area contributed by atoms with E-state index in [0.29, 0.717) is 4.90 Å². The van der Waals surface area contributed by atoms with Gasteiger partial charge in [0.1, 0.15) is 0 Å². The summed E-state index contributed by atoms with van der Waals surface area (Å²) < 4.78 is 4.50. The number of hydrogen-bond donors (Lipinski definition) is 2. The minimum Gasteiger partial charge on any atom is -0.480 e. The van der Waals surface area contributed by atoms with Gasteiger partial charge in [-0.15, -0.1) is 0 Å². The Morgan fingerprint density at radius 2 is 1.84 bits per heavy atom. The predicted octanol–water partition coefficient (Wildman–Crippen LogP) is 0.341. The highest BCUT2D eigenvalue weighted by Gasteiger charge is 2.28. The summed E-state index contributed by atoms with van der Waals surface area (Å²) in [6.07, 6.45) is -1.14. The SMILES string of the molecule is CN(C(=O)OC(=O)c1ccccc1)C(CO)C(=O)O. The zero-order valence-corrected chi connectivity index (χ0v) is 10.1. The van der Waals surface area contributed by atoms with E-state index in [1.165, 1.54) is 12.1 Å². The Morgan fingerprint density at radius 1 is 1.26 bits per heavy atom. The van der Waals surface area contributed by atoms with Crippen molar-refractivity contribution in [2.75, 3.05) is 13.7 Å². The average molecular weight is 267 g/mol. The van der Waals surface area contributed by atoms with Crippen LogP contribution in [-0.2, 0) is 9.53 Å². The maximum atomic E-state index is 11.6. The van der Waals surface area contributed by atoms with Crippen molar-refractivity contribution in [3.8, 4) is 0 Å². The minimum absolute atomic E-state index is 0.167. The van der Waals surface area contributed by atoms with Gasteiger partial charge >= 0.3 is 18.0 Å². The topological polar surface area (TPSA) is 104 Å². The summed E-state index contributed by atoms with van der Waals surface area (Å²) in [5.74, 6) is -2.28. The van der Waals surface area contributed by atoms with Crippen molar-refractivity contribution < 1.29 is 29.3 Å². The van der Waals surface area contributed by atoms with Crippen LogP contribution in [0.15, 0.2) is 30.3 Å². The van der Waals surface area contributed by atoms with Gasteiger partial charge in [0.15, 0.2) is 6.04 Å². The first-order valence-corrected chi connectivity index (χ1v) is 5.35. The Labute approximate surface area is 109 Å². The van der Waals surface area contributed by atoms with Gasteiger partial charge < -0.3 is 14.9 Å². The zero-order chi connectivity index (χ0) is 14.4. The number of carbonyl (C=O) groups is 3. The van der Waals surface area contributed by atoms with Crippen LogP contribution in [0.5, 0.6) is 0 Å². The van der Waals surface area contributed by atoms with Crippen LogP contribution in [0, 0.1) is 0 Å². The molecule has 0 aliphatic rings. The molecule has 0 saturated heterocycles. The molecule has 0 spiro atoms. The first kappa shape index (κ1) is 14.7. The molecule has 1 aromatic rings. The molecular formula is C12H13NO6. The fourth-order valence-corrected chi connectivity index (χ4v) is 1.28. The molecule has 7 heteroatoms. The second-order valence-electron chi connectivity index (χ2n) is 3.67. The van der Waals surface area contributed by atoms with Gasteiger partial charge in [0.25, 0.3) is 0 Å². The molecule has 0 aliphatic heterocycles. The van der Waals surface area contributed by atoms with E-state index < -0.39 is 30.7 Å². The Hall–Kier alpha value is -2.41. The molecule has 0 fully saturated rings. The van der Waals surface area contributed by atoms with Crippen molar-refractivity contribution in [1.29, 1.82) is 0 Å². The summed E-state index contributed by atoms with van der Waals surface area (Å²) in [6.45, 7) is -0.777. The normalized spacial score (nSPS) is 11.5. The van der Waals surface area contributed by atoms with Crippen molar-refractivity contribution in [3.63, 3.8) is 0 Å². The Bertz CT molecular complexity index is 472. The highest BCUT2D eigenvalue weighted by Crippen LogP contribution is 2.05. The van der Waals surface area contributed by atoms with E-state index >= 15 is 0 Å². The highest BCUT2D eigenvalue weighted by molar-refractivity contribution is 5.97. The van der Waals surface area contributed by atoms with Crippen molar-refractivity contribution in [2.45, 2.75) is 6.04 Å². The second-order valence-corrected chi connectivity index (χ2v) is 3.67. The van der Waals surface area contributed by atoms with E-state index in [-0.39, 0.29) is 5.56 Å². The lowest BCUT2D eigenvalue weighted by molar-refractivity contribution is -0.143. The van der Waals surface area contributed by atoms with Gasteiger partial charge in [-0.05, 0) is 12.1 Å². The molecule has 0 saturated carbocycles. The van der Waals surface area contributed by atoms with Gasteiger partial charge in [0, 0.05) is 7.05 Å². The fraction of sp³-hybridized carbons (Fsp3) is 0.250. The number of aliphatic hydroxyl groups excluding tert-OH is 1. The number of rotatable bonds is 4. The summed E-state index contributed by atoms with van der Waals surface area (Å²) >= 11 is 0. The quantitative estimate of drug-likeness (QED) is 0.602.